The molecule has 1 atom stereocenters. The van der Waals surface area contributed by atoms with Crippen molar-refractivity contribution in [2.24, 2.45) is 0 Å². The Morgan fingerprint density at radius 3 is 2.68 bits per heavy atom. The molecule has 3 nitrogen and oxygen atoms in total. The third kappa shape index (κ3) is 3.23. The highest BCUT2D eigenvalue weighted by atomic mass is 19.1. The van der Waals surface area contributed by atoms with Gasteiger partial charge in [-0.2, -0.15) is 0 Å². The van der Waals surface area contributed by atoms with Crippen LogP contribution in [-0.2, 0) is 0 Å². The van der Waals surface area contributed by atoms with Crippen LogP contribution in [0.4, 0.5) is 15.8 Å². The number of aliphatic hydroxyl groups is 1. The van der Waals surface area contributed by atoms with Gasteiger partial charge in [-0.1, -0.05) is 24.3 Å². The Balaban J connectivity index is 2.03. The van der Waals surface area contributed by atoms with Gasteiger partial charge in [0, 0.05) is 12.2 Å². The number of nitrogens with one attached hydrogen (secondary N) is 1. The summed E-state index contributed by atoms with van der Waals surface area (Å²) in [6.45, 7) is 2.13. The van der Waals surface area contributed by atoms with E-state index in [1.807, 2.05) is 19.1 Å². The summed E-state index contributed by atoms with van der Waals surface area (Å²) in [5.41, 5.74) is 8.50. The normalized spacial score (nSPS) is 12.2. The maximum atomic E-state index is 13.4. The minimum atomic E-state index is -0.734. The molecule has 2 aromatic carbocycles. The summed E-state index contributed by atoms with van der Waals surface area (Å²) in [6.07, 6.45) is -0.734. The molecule has 0 fully saturated rings. The van der Waals surface area contributed by atoms with Crippen molar-refractivity contribution in [2.75, 3.05) is 17.6 Å². The Bertz CT molecular complexity index is 572. The van der Waals surface area contributed by atoms with E-state index in [2.05, 4.69) is 5.32 Å². The van der Waals surface area contributed by atoms with Crippen LogP contribution < -0.4 is 11.1 Å². The lowest BCUT2D eigenvalue weighted by Crippen LogP contribution is -2.13. The number of para-hydroxylation sites is 1. The van der Waals surface area contributed by atoms with Gasteiger partial charge in [0.25, 0.3) is 0 Å². The van der Waals surface area contributed by atoms with Gasteiger partial charge in [-0.15, -0.1) is 0 Å². The van der Waals surface area contributed by atoms with Crippen molar-refractivity contribution in [3.05, 3.63) is 59.4 Å². The van der Waals surface area contributed by atoms with Gasteiger partial charge in [-0.25, -0.2) is 4.39 Å². The van der Waals surface area contributed by atoms with E-state index in [-0.39, 0.29) is 12.4 Å². The van der Waals surface area contributed by atoms with E-state index in [0.717, 1.165) is 5.56 Å². The lowest BCUT2D eigenvalue weighted by Gasteiger charge is -2.14. The average molecular weight is 260 g/mol. The highest BCUT2D eigenvalue weighted by Gasteiger charge is 2.09. The fourth-order valence-electron chi connectivity index (χ4n) is 1.80. The number of halogens is 1. The van der Waals surface area contributed by atoms with Crippen LogP contribution in [-0.4, -0.2) is 11.7 Å². The first-order chi connectivity index (χ1) is 9.08. The molecule has 0 radical (unpaired) electrons. The molecule has 2 rings (SSSR count). The molecular weight excluding hydrogens is 243 g/mol. The van der Waals surface area contributed by atoms with Crippen molar-refractivity contribution < 1.29 is 9.50 Å². The SMILES string of the molecule is Cc1ccc(C(O)CNc2ccccc2F)cc1N. The van der Waals surface area contributed by atoms with Crippen molar-refractivity contribution in [2.45, 2.75) is 13.0 Å². The Hall–Kier alpha value is -2.07. The number of anilines is 2. The standard InChI is InChI=1S/C15H17FN2O/c1-10-6-7-11(8-13(10)17)15(19)9-18-14-5-3-2-4-12(14)16/h2-8,15,18-19H,9,17H2,1H3. The fourth-order valence-corrected chi connectivity index (χ4v) is 1.80. The van der Waals surface area contributed by atoms with Crippen molar-refractivity contribution in [1.29, 1.82) is 0 Å². The van der Waals surface area contributed by atoms with E-state index >= 15 is 0 Å². The summed E-state index contributed by atoms with van der Waals surface area (Å²) >= 11 is 0. The van der Waals surface area contributed by atoms with Gasteiger partial charge in [0.05, 0.1) is 11.8 Å². The van der Waals surface area contributed by atoms with Crippen molar-refractivity contribution in [3.63, 3.8) is 0 Å². The zero-order chi connectivity index (χ0) is 13.8. The summed E-state index contributed by atoms with van der Waals surface area (Å²) in [6, 6.07) is 11.8. The highest BCUT2D eigenvalue weighted by Crippen LogP contribution is 2.20. The Morgan fingerprint density at radius 2 is 2.00 bits per heavy atom. The summed E-state index contributed by atoms with van der Waals surface area (Å²) < 4.78 is 13.4. The number of nitrogen functional groups attached to an aromatic ring is 1. The topological polar surface area (TPSA) is 58.3 Å². The zero-order valence-corrected chi connectivity index (χ0v) is 10.7. The Labute approximate surface area is 111 Å². The van der Waals surface area contributed by atoms with Crippen LogP contribution in [0.1, 0.15) is 17.2 Å². The van der Waals surface area contributed by atoms with Gasteiger partial charge >= 0.3 is 0 Å². The number of aliphatic hydroxyl groups excluding tert-OH is 1. The van der Waals surface area contributed by atoms with Crippen LogP contribution in [0.5, 0.6) is 0 Å². The van der Waals surface area contributed by atoms with Crippen molar-refractivity contribution in [3.8, 4) is 0 Å². The molecule has 0 spiro atoms. The molecule has 0 aliphatic carbocycles. The molecule has 0 bridgehead atoms. The molecule has 0 saturated heterocycles. The second-order valence-corrected chi connectivity index (χ2v) is 4.49. The van der Waals surface area contributed by atoms with Crippen LogP contribution in [0.25, 0.3) is 0 Å². The van der Waals surface area contributed by atoms with Crippen LogP contribution in [0.3, 0.4) is 0 Å². The molecule has 2 aromatic rings. The van der Waals surface area contributed by atoms with Gasteiger partial charge < -0.3 is 16.2 Å². The molecule has 0 heterocycles. The maximum Gasteiger partial charge on any atom is 0.146 e. The Morgan fingerprint density at radius 1 is 1.26 bits per heavy atom. The molecule has 0 aliphatic rings. The van der Waals surface area contributed by atoms with Crippen LogP contribution >= 0.6 is 0 Å². The second kappa shape index (κ2) is 5.71. The van der Waals surface area contributed by atoms with E-state index in [9.17, 15) is 9.50 Å². The highest BCUT2D eigenvalue weighted by molar-refractivity contribution is 5.49. The lowest BCUT2D eigenvalue weighted by atomic mass is 10.1. The number of hydrogen-bond acceptors (Lipinski definition) is 3. The number of benzene rings is 2. The molecule has 0 amide bonds. The third-order valence-electron chi connectivity index (χ3n) is 3.05. The minimum absolute atomic E-state index is 0.226. The predicted molar refractivity (Wildman–Crippen MR) is 75.4 cm³/mol. The second-order valence-electron chi connectivity index (χ2n) is 4.49. The maximum absolute atomic E-state index is 13.4. The number of aryl methyl sites for hydroxylation is 1. The van der Waals surface area contributed by atoms with Crippen LogP contribution in [0, 0.1) is 12.7 Å². The van der Waals surface area contributed by atoms with Gasteiger partial charge in [0.15, 0.2) is 0 Å². The molecule has 4 heteroatoms. The molecular formula is C15H17FN2O. The van der Waals surface area contributed by atoms with E-state index in [1.165, 1.54) is 6.07 Å². The fraction of sp³-hybridized carbons (Fsp3) is 0.200. The molecule has 0 aromatic heterocycles. The predicted octanol–water partition coefficient (Wildman–Crippen LogP) is 2.86. The molecule has 100 valence electrons. The van der Waals surface area contributed by atoms with Crippen molar-refractivity contribution >= 4 is 11.4 Å². The van der Waals surface area contributed by atoms with Gasteiger partial charge in [0.1, 0.15) is 5.82 Å². The van der Waals surface area contributed by atoms with Crippen LogP contribution in [0.15, 0.2) is 42.5 Å². The smallest absolute Gasteiger partial charge is 0.146 e. The monoisotopic (exact) mass is 260 g/mol. The summed E-state index contributed by atoms with van der Waals surface area (Å²) in [5.74, 6) is -0.335. The van der Waals surface area contributed by atoms with Gasteiger partial charge in [-0.05, 0) is 36.2 Å². The molecule has 0 saturated carbocycles. The summed E-state index contributed by atoms with van der Waals surface area (Å²) in [7, 11) is 0. The molecule has 0 aliphatic heterocycles. The minimum Gasteiger partial charge on any atom is -0.399 e. The molecule has 1 unspecified atom stereocenters. The van der Waals surface area contributed by atoms with E-state index in [1.54, 1.807) is 24.3 Å². The Kier molecular flexibility index (Phi) is 4.02. The third-order valence-corrected chi connectivity index (χ3v) is 3.05. The number of hydrogen-bond donors (Lipinski definition) is 3. The molecule has 4 N–H and O–H groups in total. The summed E-state index contributed by atoms with van der Waals surface area (Å²) in [5, 5.41) is 12.9. The van der Waals surface area contributed by atoms with Gasteiger partial charge in [0.2, 0.25) is 0 Å². The van der Waals surface area contributed by atoms with E-state index in [0.29, 0.717) is 16.9 Å². The first-order valence-corrected chi connectivity index (χ1v) is 6.10. The first kappa shape index (κ1) is 13.4. The first-order valence-electron chi connectivity index (χ1n) is 6.10. The van der Waals surface area contributed by atoms with E-state index < -0.39 is 6.10 Å². The van der Waals surface area contributed by atoms with Crippen LogP contribution in [0.2, 0.25) is 0 Å². The molecule has 19 heavy (non-hydrogen) atoms. The largest absolute Gasteiger partial charge is 0.399 e. The number of rotatable bonds is 4. The van der Waals surface area contributed by atoms with E-state index in [4.69, 9.17) is 5.73 Å². The number of nitrogens with two attached hydrogens (primary N) is 1. The van der Waals surface area contributed by atoms with Crippen molar-refractivity contribution in [1.82, 2.24) is 0 Å². The van der Waals surface area contributed by atoms with Gasteiger partial charge in [-0.3, -0.25) is 0 Å². The quantitative estimate of drug-likeness (QED) is 0.741. The average Bonchev–Trinajstić information content (AvgIpc) is 2.40. The zero-order valence-electron chi connectivity index (χ0n) is 10.7. The summed E-state index contributed by atoms with van der Waals surface area (Å²) in [4.78, 5) is 0. The lowest BCUT2D eigenvalue weighted by molar-refractivity contribution is 0.191.